The lowest BCUT2D eigenvalue weighted by atomic mass is 10.0. The number of para-hydroxylation sites is 2. The zero-order valence-corrected chi connectivity index (χ0v) is 34.9. The van der Waals surface area contributed by atoms with Crippen LogP contribution < -0.4 is 27.0 Å². The number of carbonyl (C=O) groups excluding carboxylic acids is 3. The molecular formula is C47H73N7O3. The largest absolute Gasteiger partial charge is 0.361 e. The van der Waals surface area contributed by atoms with Crippen LogP contribution in [-0.4, -0.2) is 66.0 Å². The average Bonchev–Trinajstić information content (AvgIpc) is 3.83. The predicted octanol–water partition coefficient (Wildman–Crippen LogP) is 8.50. The van der Waals surface area contributed by atoms with Crippen LogP contribution in [0.3, 0.4) is 0 Å². The molecule has 2 aromatic heterocycles. The van der Waals surface area contributed by atoms with Gasteiger partial charge in [0.1, 0.15) is 12.1 Å². The maximum absolute atomic E-state index is 14.2. The molecule has 3 amide bonds. The highest BCUT2D eigenvalue weighted by Crippen LogP contribution is 2.21. The summed E-state index contributed by atoms with van der Waals surface area (Å²) in [5, 5.41) is 14.6. The molecule has 10 nitrogen and oxygen atoms in total. The van der Waals surface area contributed by atoms with E-state index in [-0.39, 0.29) is 17.7 Å². The summed E-state index contributed by atoms with van der Waals surface area (Å²) in [5.74, 6) is -0.740. The zero-order valence-electron chi connectivity index (χ0n) is 34.9. The second-order valence-electron chi connectivity index (χ2n) is 15.9. The van der Waals surface area contributed by atoms with Crippen molar-refractivity contribution in [3.05, 3.63) is 72.1 Å². The van der Waals surface area contributed by atoms with Crippen molar-refractivity contribution < 1.29 is 14.4 Å². The molecule has 0 spiro atoms. The van der Waals surface area contributed by atoms with Crippen molar-refractivity contribution in [1.82, 2.24) is 31.2 Å². The number of unbranched alkanes of at least 4 members (excludes halogenated alkanes) is 15. The van der Waals surface area contributed by atoms with Gasteiger partial charge in [0.25, 0.3) is 0 Å². The number of H-pyrrole nitrogens is 2. The van der Waals surface area contributed by atoms with Crippen molar-refractivity contribution in [3.8, 4) is 0 Å². The van der Waals surface area contributed by atoms with Gasteiger partial charge < -0.3 is 37.0 Å². The Kier molecular flexibility index (Phi) is 22.0. The van der Waals surface area contributed by atoms with Gasteiger partial charge in [-0.2, -0.15) is 0 Å². The van der Waals surface area contributed by atoms with Crippen molar-refractivity contribution in [2.45, 2.75) is 154 Å². The number of aromatic amines is 2. The summed E-state index contributed by atoms with van der Waals surface area (Å²) >= 11 is 0. The van der Waals surface area contributed by atoms with Crippen molar-refractivity contribution in [2.24, 2.45) is 5.73 Å². The highest BCUT2D eigenvalue weighted by molar-refractivity contribution is 5.94. The molecule has 0 aliphatic carbocycles. The van der Waals surface area contributed by atoms with E-state index >= 15 is 0 Å². The third kappa shape index (κ3) is 17.1. The SMILES string of the molecule is CCCCCCCCCCCCCCCCCC(=O)NC(Cc1c[nH]c2ccccc12)C(=O)NC(Cc1c[nH]c2ccccc12)C(=O)NCCCCNCCCN. The summed E-state index contributed by atoms with van der Waals surface area (Å²) in [6.07, 6.45) is 26.4. The number of hydrogen-bond donors (Lipinski definition) is 7. The van der Waals surface area contributed by atoms with Crippen LogP contribution in [-0.2, 0) is 27.2 Å². The van der Waals surface area contributed by atoms with Crippen LogP contribution in [0.5, 0.6) is 0 Å². The molecule has 0 saturated heterocycles. The summed E-state index contributed by atoms with van der Waals surface area (Å²) in [4.78, 5) is 48.0. The number of nitrogens with two attached hydrogens (primary N) is 1. The fourth-order valence-electron chi connectivity index (χ4n) is 7.72. The molecule has 10 heteroatoms. The van der Waals surface area contributed by atoms with Gasteiger partial charge in [-0.25, -0.2) is 0 Å². The van der Waals surface area contributed by atoms with E-state index in [2.05, 4.69) is 38.2 Å². The minimum atomic E-state index is -0.842. The normalized spacial score (nSPS) is 12.5. The molecule has 8 N–H and O–H groups in total. The van der Waals surface area contributed by atoms with Gasteiger partial charge in [-0.1, -0.05) is 133 Å². The number of amides is 3. The maximum atomic E-state index is 14.2. The van der Waals surface area contributed by atoms with Crippen LogP contribution in [0.4, 0.5) is 0 Å². The predicted molar refractivity (Wildman–Crippen MR) is 236 cm³/mol. The van der Waals surface area contributed by atoms with Crippen molar-refractivity contribution in [3.63, 3.8) is 0 Å². The second kappa shape index (κ2) is 27.5. The maximum Gasteiger partial charge on any atom is 0.243 e. The first-order valence-corrected chi connectivity index (χ1v) is 22.4. The molecule has 2 atom stereocenters. The highest BCUT2D eigenvalue weighted by Gasteiger charge is 2.28. The van der Waals surface area contributed by atoms with Crippen LogP contribution in [0.15, 0.2) is 60.9 Å². The Morgan fingerprint density at radius 1 is 0.561 bits per heavy atom. The van der Waals surface area contributed by atoms with Gasteiger partial charge in [0.05, 0.1) is 0 Å². The van der Waals surface area contributed by atoms with Gasteiger partial charge >= 0.3 is 0 Å². The molecule has 314 valence electrons. The first kappa shape index (κ1) is 45.6. The van der Waals surface area contributed by atoms with Crippen LogP contribution in [0.25, 0.3) is 21.8 Å². The Labute approximate surface area is 342 Å². The number of hydrogen-bond acceptors (Lipinski definition) is 5. The lowest BCUT2D eigenvalue weighted by Gasteiger charge is -2.23. The van der Waals surface area contributed by atoms with E-state index in [1.165, 1.54) is 77.0 Å². The number of rotatable bonds is 32. The first-order valence-electron chi connectivity index (χ1n) is 22.4. The Bertz CT molecular complexity index is 1720. The molecule has 0 fully saturated rings. The minimum absolute atomic E-state index is 0.137. The van der Waals surface area contributed by atoms with E-state index in [1.807, 2.05) is 60.9 Å². The molecule has 4 rings (SSSR count). The van der Waals surface area contributed by atoms with E-state index in [1.54, 1.807) is 0 Å². The Balaban J connectivity index is 1.30. The van der Waals surface area contributed by atoms with Crippen molar-refractivity contribution >= 4 is 39.5 Å². The van der Waals surface area contributed by atoms with Gasteiger partial charge in [-0.3, -0.25) is 14.4 Å². The fraction of sp³-hybridized carbons (Fsp3) is 0.596. The van der Waals surface area contributed by atoms with Crippen molar-refractivity contribution in [1.29, 1.82) is 0 Å². The number of benzene rings is 2. The van der Waals surface area contributed by atoms with E-state index < -0.39 is 12.1 Å². The Hall–Kier alpha value is -4.15. The highest BCUT2D eigenvalue weighted by atomic mass is 16.2. The van der Waals surface area contributed by atoms with E-state index in [0.717, 1.165) is 84.5 Å². The summed E-state index contributed by atoms with van der Waals surface area (Å²) in [6, 6.07) is 14.3. The molecule has 2 unspecified atom stereocenters. The third-order valence-corrected chi connectivity index (χ3v) is 11.1. The van der Waals surface area contributed by atoms with Gasteiger partial charge in [0, 0.05) is 60.0 Å². The van der Waals surface area contributed by atoms with E-state index in [9.17, 15) is 14.4 Å². The summed E-state index contributed by atoms with van der Waals surface area (Å²) in [7, 11) is 0. The molecule has 4 aromatic rings. The number of fused-ring (bicyclic) bond motifs is 2. The number of aromatic nitrogens is 2. The van der Waals surface area contributed by atoms with E-state index in [0.29, 0.717) is 32.4 Å². The summed E-state index contributed by atoms with van der Waals surface area (Å²) in [6.45, 7) is 5.19. The standard InChI is InChI=1S/C47H73N7O3/c1-2-3-4-5-6-7-8-9-10-11-12-13-14-15-16-28-45(55)53-44(34-38-36-52-42-27-20-18-25-40(38)42)47(57)54-43(33-37-35-51-41-26-19-17-24-39(37)41)46(56)50-32-22-21-30-49-31-23-29-48/h17-20,24-27,35-36,43-44,49,51-52H,2-16,21-23,28-34,48H2,1H3,(H,50,56)(H,53,55)(H,54,57). The van der Waals surface area contributed by atoms with Gasteiger partial charge in [0.15, 0.2) is 0 Å². The monoisotopic (exact) mass is 784 g/mol. The Morgan fingerprint density at radius 3 is 1.58 bits per heavy atom. The Morgan fingerprint density at radius 2 is 1.04 bits per heavy atom. The van der Waals surface area contributed by atoms with Crippen LogP contribution in [0, 0.1) is 0 Å². The van der Waals surface area contributed by atoms with Gasteiger partial charge in [-0.05, 0) is 68.6 Å². The van der Waals surface area contributed by atoms with E-state index in [4.69, 9.17) is 5.73 Å². The quantitative estimate of drug-likeness (QED) is 0.0247. The lowest BCUT2D eigenvalue weighted by Crippen LogP contribution is -2.55. The smallest absolute Gasteiger partial charge is 0.243 e. The minimum Gasteiger partial charge on any atom is -0.361 e. The second-order valence-corrected chi connectivity index (χ2v) is 15.9. The molecule has 0 saturated carbocycles. The third-order valence-electron chi connectivity index (χ3n) is 11.1. The fourth-order valence-corrected chi connectivity index (χ4v) is 7.72. The molecule has 2 heterocycles. The molecule has 0 radical (unpaired) electrons. The number of nitrogens with one attached hydrogen (secondary N) is 6. The van der Waals surface area contributed by atoms with Gasteiger partial charge in [-0.15, -0.1) is 0 Å². The molecular weight excluding hydrogens is 711 g/mol. The zero-order chi connectivity index (χ0) is 40.3. The van der Waals surface area contributed by atoms with Crippen LogP contribution in [0.2, 0.25) is 0 Å². The topological polar surface area (TPSA) is 157 Å². The first-order chi connectivity index (χ1) is 28.0. The molecule has 0 aliphatic heterocycles. The lowest BCUT2D eigenvalue weighted by molar-refractivity contribution is -0.132. The average molecular weight is 784 g/mol. The van der Waals surface area contributed by atoms with Gasteiger partial charge in [0.2, 0.25) is 17.7 Å². The summed E-state index contributed by atoms with van der Waals surface area (Å²) in [5.41, 5.74) is 9.42. The molecule has 0 aliphatic rings. The molecule has 0 bridgehead atoms. The molecule has 2 aromatic carbocycles. The van der Waals surface area contributed by atoms with Crippen LogP contribution in [0.1, 0.15) is 140 Å². The number of carbonyl (C=O) groups is 3. The van der Waals surface area contributed by atoms with Crippen LogP contribution >= 0.6 is 0 Å². The summed E-state index contributed by atoms with van der Waals surface area (Å²) < 4.78 is 0. The van der Waals surface area contributed by atoms with Crippen molar-refractivity contribution in [2.75, 3.05) is 26.2 Å². The molecule has 57 heavy (non-hydrogen) atoms.